The summed E-state index contributed by atoms with van der Waals surface area (Å²) in [5.41, 5.74) is 1.56. The fourth-order valence-electron chi connectivity index (χ4n) is 2.16. The topological polar surface area (TPSA) is 56.8 Å². The number of ether oxygens (including phenoxy) is 3. The van der Waals surface area contributed by atoms with Crippen molar-refractivity contribution < 1.29 is 19.0 Å². The number of benzene rings is 2. The molecule has 5 nitrogen and oxygen atoms in total. The lowest BCUT2D eigenvalue weighted by atomic mass is 10.2. The molecule has 2 aromatic rings. The standard InChI is InChI=1S/C19H22ClNO4/c1-13-6-4-7-15(12-13)25-14(2)19(22)21-17-9-5-8-16(20)18(17)24-11-10-23-3/h4-9,12,14H,10-11H2,1-3H3,(H,21,22). The molecule has 25 heavy (non-hydrogen) atoms. The molecule has 2 aromatic carbocycles. The Morgan fingerprint density at radius 3 is 2.68 bits per heavy atom. The van der Waals surface area contributed by atoms with Crippen LogP contribution in [-0.2, 0) is 9.53 Å². The van der Waals surface area contributed by atoms with Crippen LogP contribution in [0.2, 0.25) is 5.02 Å². The molecule has 0 aliphatic carbocycles. The summed E-state index contributed by atoms with van der Waals surface area (Å²) in [5.74, 6) is 0.767. The molecule has 6 heteroatoms. The van der Waals surface area contributed by atoms with Crippen LogP contribution in [0, 0.1) is 6.92 Å². The first-order valence-electron chi connectivity index (χ1n) is 7.95. The number of halogens is 1. The maximum Gasteiger partial charge on any atom is 0.265 e. The van der Waals surface area contributed by atoms with Crippen molar-refractivity contribution in [3.05, 3.63) is 53.1 Å². The van der Waals surface area contributed by atoms with Crippen LogP contribution in [0.15, 0.2) is 42.5 Å². The number of rotatable bonds is 8. The highest BCUT2D eigenvalue weighted by atomic mass is 35.5. The third kappa shape index (κ3) is 5.66. The number of nitrogens with one attached hydrogen (secondary N) is 1. The molecule has 0 aliphatic heterocycles. The second kappa shape index (κ2) is 9.30. The van der Waals surface area contributed by atoms with Gasteiger partial charge in [0, 0.05) is 7.11 Å². The van der Waals surface area contributed by atoms with Crippen molar-refractivity contribution in [1.29, 1.82) is 0 Å². The largest absolute Gasteiger partial charge is 0.487 e. The van der Waals surface area contributed by atoms with Crippen LogP contribution in [0.25, 0.3) is 0 Å². The molecule has 0 aromatic heterocycles. The average Bonchev–Trinajstić information content (AvgIpc) is 2.57. The van der Waals surface area contributed by atoms with Gasteiger partial charge in [-0.25, -0.2) is 0 Å². The van der Waals surface area contributed by atoms with Crippen molar-refractivity contribution in [1.82, 2.24) is 0 Å². The molecule has 0 heterocycles. The summed E-state index contributed by atoms with van der Waals surface area (Å²) in [5, 5.41) is 3.22. The molecule has 0 bridgehead atoms. The highest BCUT2D eigenvalue weighted by Gasteiger charge is 2.18. The zero-order chi connectivity index (χ0) is 18.2. The fraction of sp³-hybridized carbons (Fsp3) is 0.316. The first-order chi connectivity index (χ1) is 12.0. The summed E-state index contributed by atoms with van der Waals surface area (Å²) < 4.78 is 16.3. The Labute approximate surface area is 152 Å². The van der Waals surface area contributed by atoms with Crippen molar-refractivity contribution in [2.45, 2.75) is 20.0 Å². The highest BCUT2D eigenvalue weighted by molar-refractivity contribution is 6.32. The highest BCUT2D eigenvalue weighted by Crippen LogP contribution is 2.33. The maximum absolute atomic E-state index is 12.4. The number of para-hydroxylation sites is 1. The van der Waals surface area contributed by atoms with Gasteiger partial charge in [0.15, 0.2) is 11.9 Å². The Bertz CT molecular complexity index is 720. The van der Waals surface area contributed by atoms with Crippen LogP contribution < -0.4 is 14.8 Å². The van der Waals surface area contributed by atoms with Gasteiger partial charge in [0.05, 0.1) is 17.3 Å². The van der Waals surface area contributed by atoms with Crippen LogP contribution in [0.1, 0.15) is 12.5 Å². The zero-order valence-electron chi connectivity index (χ0n) is 14.5. The van der Waals surface area contributed by atoms with E-state index in [1.54, 1.807) is 32.2 Å². The number of carbonyl (C=O) groups is 1. The van der Waals surface area contributed by atoms with E-state index >= 15 is 0 Å². The van der Waals surface area contributed by atoms with E-state index in [9.17, 15) is 4.79 Å². The summed E-state index contributed by atoms with van der Waals surface area (Å²) in [6, 6.07) is 12.7. The fourth-order valence-corrected chi connectivity index (χ4v) is 2.39. The van der Waals surface area contributed by atoms with Crippen LogP contribution in [0.3, 0.4) is 0 Å². The van der Waals surface area contributed by atoms with Gasteiger partial charge in [-0.2, -0.15) is 0 Å². The molecule has 0 radical (unpaired) electrons. The van der Waals surface area contributed by atoms with Gasteiger partial charge in [-0.3, -0.25) is 4.79 Å². The van der Waals surface area contributed by atoms with Crippen molar-refractivity contribution in [2.24, 2.45) is 0 Å². The predicted octanol–water partition coefficient (Wildman–Crippen LogP) is 4.08. The summed E-state index contributed by atoms with van der Waals surface area (Å²) in [6.45, 7) is 4.41. The summed E-state index contributed by atoms with van der Waals surface area (Å²) >= 11 is 6.17. The van der Waals surface area contributed by atoms with Gasteiger partial charge < -0.3 is 19.5 Å². The van der Waals surface area contributed by atoms with Gasteiger partial charge in [-0.15, -0.1) is 0 Å². The van der Waals surface area contributed by atoms with E-state index in [0.29, 0.717) is 35.4 Å². The summed E-state index contributed by atoms with van der Waals surface area (Å²) in [7, 11) is 1.59. The van der Waals surface area contributed by atoms with E-state index in [2.05, 4.69) is 5.32 Å². The quantitative estimate of drug-likeness (QED) is 0.718. The minimum Gasteiger partial charge on any atom is -0.487 e. The Morgan fingerprint density at radius 2 is 1.96 bits per heavy atom. The SMILES string of the molecule is COCCOc1c(Cl)cccc1NC(=O)C(C)Oc1cccc(C)c1. The lowest BCUT2D eigenvalue weighted by Gasteiger charge is -2.17. The van der Waals surface area contributed by atoms with Crippen LogP contribution >= 0.6 is 11.6 Å². The van der Waals surface area contributed by atoms with Gasteiger partial charge in [-0.1, -0.05) is 29.8 Å². The van der Waals surface area contributed by atoms with Crippen molar-refractivity contribution in [3.8, 4) is 11.5 Å². The first kappa shape index (κ1) is 19.1. The molecule has 0 aliphatic rings. The van der Waals surface area contributed by atoms with E-state index < -0.39 is 6.10 Å². The molecule has 2 rings (SSSR count). The molecule has 1 N–H and O–H groups in total. The number of aryl methyl sites for hydroxylation is 1. The van der Waals surface area contributed by atoms with Gasteiger partial charge >= 0.3 is 0 Å². The zero-order valence-corrected chi connectivity index (χ0v) is 15.3. The molecule has 0 fully saturated rings. The van der Waals surface area contributed by atoms with Gasteiger partial charge in [0.1, 0.15) is 12.4 Å². The number of anilines is 1. The maximum atomic E-state index is 12.4. The van der Waals surface area contributed by atoms with E-state index in [1.807, 2.05) is 31.2 Å². The Hall–Kier alpha value is -2.24. The van der Waals surface area contributed by atoms with Crippen LogP contribution in [-0.4, -0.2) is 32.3 Å². The van der Waals surface area contributed by atoms with Gasteiger partial charge in [0.2, 0.25) is 0 Å². The molecule has 1 unspecified atom stereocenters. The Kier molecular flexibility index (Phi) is 7.10. The second-order valence-electron chi connectivity index (χ2n) is 5.52. The normalized spacial score (nSPS) is 11.7. The summed E-state index contributed by atoms with van der Waals surface area (Å²) in [6.07, 6.45) is -0.674. The molecule has 1 amide bonds. The third-order valence-corrected chi connectivity index (χ3v) is 3.73. The first-order valence-corrected chi connectivity index (χ1v) is 8.33. The second-order valence-corrected chi connectivity index (χ2v) is 5.93. The average molecular weight is 364 g/mol. The minimum absolute atomic E-state index is 0.291. The van der Waals surface area contributed by atoms with E-state index in [4.69, 9.17) is 25.8 Å². The molecular weight excluding hydrogens is 342 g/mol. The van der Waals surface area contributed by atoms with Gasteiger partial charge in [0.25, 0.3) is 5.91 Å². The van der Waals surface area contributed by atoms with Crippen molar-refractivity contribution >= 4 is 23.2 Å². The molecule has 0 spiro atoms. The predicted molar refractivity (Wildman–Crippen MR) is 98.7 cm³/mol. The minimum atomic E-state index is -0.674. The molecule has 0 saturated heterocycles. The number of hydrogen-bond acceptors (Lipinski definition) is 4. The third-order valence-electron chi connectivity index (χ3n) is 3.43. The number of hydrogen-bond donors (Lipinski definition) is 1. The van der Waals surface area contributed by atoms with Crippen LogP contribution in [0.5, 0.6) is 11.5 Å². The Morgan fingerprint density at radius 1 is 1.20 bits per heavy atom. The van der Waals surface area contributed by atoms with Crippen LogP contribution in [0.4, 0.5) is 5.69 Å². The van der Waals surface area contributed by atoms with Crippen molar-refractivity contribution in [3.63, 3.8) is 0 Å². The van der Waals surface area contributed by atoms with E-state index in [0.717, 1.165) is 5.56 Å². The smallest absolute Gasteiger partial charge is 0.265 e. The number of amides is 1. The van der Waals surface area contributed by atoms with Crippen molar-refractivity contribution in [2.75, 3.05) is 25.6 Å². The molecule has 0 saturated carbocycles. The van der Waals surface area contributed by atoms with E-state index in [1.165, 1.54) is 0 Å². The lowest BCUT2D eigenvalue weighted by molar-refractivity contribution is -0.122. The molecule has 1 atom stereocenters. The van der Waals surface area contributed by atoms with Gasteiger partial charge in [-0.05, 0) is 43.7 Å². The summed E-state index contributed by atoms with van der Waals surface area (Å²) in [4.78, 5) is 12.4. The Balaban J connectivity index is 2.05. The number of carbonyl (C=O) groups excluding carboxylic acids is 1. The monoisotopic (exact) mass is 363 g/mol. The van der Waals surface area contributed by atoms with E-state index in [-0.39, 0.29) is 5.91 Å². The lowest BCUT2D eigenvalue weighted by Crippen LogP contribution is -2.30. The molecule has 134 valence electrons. The molecular formula is C19H22ClNO4. The number of methoxy groups -OCH3 is 1.